The Morgan fingerprint density at radius 3 is 3.21 bits per heavy atom. The second-order valence-electron chi connectivity index (χ2n) is 2.29. The minimum Gasteiger partial charge on any atom is -0.394 e. The van der Waals surface area contributed by atoms with Crippen LogP contribution in [-0.2, 0) is 0 Å². The quantitative estimate of drug-likeness (QED) is 0.367. The minimum atomic E-state index is -0.637. The van der Waals surface area contributed by atoms with Crippen LogP contribution in [0.2, 0.25) is 0 Å². The van der Waals surface area contributed by atoms with Gasteiger partial charge in [0, 0.05) is 0 Å². The summed E-state index contributed by atoms with van der Waals surface area (Å²) in [4.78, 5) is 17.1. The molecule has 0 unspecified atom stereocenters. The molecule has 1 rings (SSSR count). The average Bonchev–Trinajstić information content (AvgIpc) is 2.60. The molecule has 0 atom stereocenters. The molecule has 0 fully saturated rings. The first kappa shape index (κ1) is 10.1. The Morgan fingerprint density at radius 2 is 2.57 bits per heavy atom. The van der Waals surface area contributed by atoms with Crippen LogP contribution in [0.1, 0.15) is 10.5 Å². The molecule has 0 spiro atoms. The number of rotatable bonds is 5. The van der Waals surface area contributed by atoms with Crippen molar-refractivity contribution in [3.8, 4) is 0 Å². The molecule has 8 heteroatoms. The SMILES string of the molecule is NC(=O)c1[nH]cnc1NN=NCCO. The molecule has 8 nitrogen and oxygen atoms in total. The number of nitrogens with zero attached hydrogens (tertiary/aromatic N) is 3. The van der Waals surface area contributed by atoms with Gasteiger partial charge in [-0.25, -0.2) is 10.4 Å². The Balaban J connectivity index is 2.58. The normalized spacial score (nSPS) is 10.6. The lowest BCUT2D eigenvalue weighted by molar-refractivity contribution is 0.0997. The van der Waals surface area contributed by atoms with Crippen molar-refractivity contribution >= 4 is 11.7 Å². The second-order valence-corrected chi connectivity index (χ2v) is 2.29. The van der Waals surface area contributed by atoms with E-state index in [0.717, 1.165) is 0 Å². The first-order valence-electron chi connectivity index (χ1n) is 3.82. The van der Waals surface area contributed by atoms with Gasteiger partial charge in [-0.3, -0.25) is 4.79 Å². The number of anilines is 1. The monoisotopic (exact) mass is 198 g/mol. The first-order chi connectivity index (χ1) is 6.75. The number of aliphatic hydroxyl groups excluding tert-OH is 1. The summed E-state index contributed by atoms with van der Waals surface area (Å²) in [6.45, 7) is 0.0950. The summed E-state index contributed by atoms with van der Waals surface area (Å²) in [5.41, 5.74) is 7.57. The molecule has 1 aromatic heterocycles. The zero-order valence-corrected chi connectivity index (χ0v) is 7.27. The number of amides is 1. The van der Waals surface area contributed by atoms with Crippen LogP contribution >= 0.6 is 0 Å². The van der Waals surface area contributed by atoms with Gasteiger partial charge in [0.15, 0.2) is 5.82 Å². The van der Waals surface area contributed by atoms with Crippen LogP contribution < -0.4 is 11.2 Å². The highest BCUT2D eigenvalue weighted by Gasteiger charge is 2.09. The van der Waals surface area contributed by atoms with E-state index in [2.05, 4.69) is 25.7 Å². The number of primary amides is 1. The van der Waals surface area contributed by atoms with Crippen LogP contribution in [0.4, 0.5) is 5.82 Å². The topological polar surface area (TPSA) is 129 Å². The summed E-state index contributed by atoms with van der Waals surface area (Å²) in [5, 5.41) is 15.4. The van der Waals surface area contributed by atoms with E-state index in [1.165, 1.54) is 6.33 Å². The first-order valence-corrected chi connectivity index (χ1v) is 3.82. The van der Waals surface area contributed by atoms with Crippen molar-refractivity contribution in [3.63, 3.8) is 0 Å². The number of hydrogen-bond donors (Lipinski definition) is 4. The number of aromatic amines is 1. The minimum absolute atomic E-state index is 0.0889. The lowest BCUT2D eigenvalue weighted by atomic mass is 10.4. The van der Waals surface area contributed by atoms with Crippen LogP contribution in [0.25, 0.3) is 0 Å². The number of carbonyl (C=O) groups excluding carboxylic acids is 1. The van der Waals surface area contributed by atoms with Crippen molar-refractivity contribution < 1.29 is 9.90 Å². The van der Waals surface area contributed by atoms with E-state index in [9.17, 15) is 4.79 Å². The van der Waals surface area contributed by atoms with Gasteiger partial charge in [-0.15, -0.1) is 0 Å². The summed E-state index contributed by atoms with van der Waals surface area (Å²) in [6.07, 6.45) is 1.31. The highest BCUT2D eigenvalue weighted by atomic mass is 16.3. The zero-order chi connectivity index (χ0) is 10.4. The predicted molar refractivity (Wildman–Crippen MR) is 47.5 cm³/mol. The van der Waals surface area contributed by atoms with E-state index < -0.39 is 5.91 Å². The standard InChI is InChI=1S/C6H10N6O2/c7-5(14)4-6(9-3-8-4)11-12-10-1-2-13/h3,13H,1-2H2,(H2,7,14)(H,8,9)(H,10,11). The Morgan fingerprint density at radius 1 is 1.79 bits per heavy atom. The highest BCUT2D eigenvalue weighted by molar-refractivity contribution is 5.95. The Bertz CT molecular complexity index is 333. The Hall–Kier alpha value is -1.96. The number of nitrogens with two attached hydrogens (primary N) is 1. The molecule has 1 heterocycles. The maximum Gasteiger partial charge on any atom is 0.269 e. The molecule has 0 aliphatic carbocycles. The molecule has 0 aromatic carbocycles. The Kier molecular flexibility index (Phi) is 3.56. The number of carbonyl (C=O) groups is 1. The van der Waals surface area contributed by atoms with Gasteiger partial charge in [0.05, 0.1) is 19.5 Å². The number of imidazole rings is 1. The maximum absolute atomic E-state index is 10.8. The molecule has 0 aliphatic heterocycles. The third-order valence-corrected chi connectivity index (χ3v) is 1.31. The molecule has 14 heavy (non-hydrogen) atoms. The van der Waals surface area contributed by atoms with E-state index in [4.69, 9.17) is 10.8 Å². The van der Waals surface area contributed by atoms with Gasteiger partial charge < -0.3 is 15.8 Å². The van der Waals surface area contributed by atoms with Crippen LogP contribution in [0.3, 0.4) is 0 Å². The van der Waals surface area contributed by atoms with Gasteiger partial charge in [0.25, 0.3) is 5.91 Å². The van der Waals surface area contributed by atoms with Gasteiger partial charge in [0.2, 0.25) is 0 Å². The molecule has 1 amide bonds. The third-order valence-electron chi connectivity index (χ3n) is 1.31. The summed E-state index contributed by atoms with van der Waals surface area (Å²) >= 11 is 0. The number of H-pyrrole nitrogens is 1. The predicted octanol–water partition coefficient (Wildman–Crippen LogP) is -0.720. The number of aliphatic hydroxyl groups is 1. The number of nitrogens with one attached hydrogen (secondary N) is 2. The fraction of sp³-hybridized carbons (Fsp3) is 0.333. The van der Waals surface area contributed by atoms with E-state index in [0.29, 0.717) is 0 Å². The molecule has 0 saturated carbocycles. The van der Waals surface area contributed by atoms with Crippen molar-refractivity contribution in [1.29, 1.82) is 0 Å². The smallest absolute Gasteiger partial charge is 0.269 e. The maximum atomic E-state index is 10.8. The number of aromatic nitrogens is 2. The van der Waals surface area contributed by atoms with Gasteiger partial charge in [-0.1, -0.05) is 5.22 Å². The zero-order valence-electron chi connectivity index (χ0n) is 7.27. The van der Waals surface area contributed by atoms with Crippen LogP contribution in [0.5, 0.6) is 0 Å². The van der Waals surface area contributed by atoms with Crippen LogP contribution in [0, 0.1) is 0 Å². The van der Waals surface area contributed by atoms with E-state index in [1.54, 1.807) is 0 Å². The van der Waals surface area contributed by atoms with Gasteiger partial charge in [0.1, 0.15) is 5.69 Å². The van der Waals surface area contributed by atoms with Crippen molar-refractivity contribution in [2.75, 3.05) is 18.6 Å². The summed E-state index contributed by atoms with van der Waals surface area (Å²) in [7, 11) is 0. The second kappa shape index (κ2) is 4.92. The molecule has 0 radical (unpaired) electrons. The molecule has 0 aliphatic rings. The lowest BCUT2D eigenvalue weighted by Crippen LogP contribution is -2.13. The van der Waals surface area contributed by atoms with Crippen molar-refractivity contribution in [3.05, 3.63) is 12.0 Å². The van der Waals surface area contributed by atoms with Gasteiger partial charge >= 0.3 is 0 Å². The summed E-state index contributed by atoms with van der Waals surface area (Å²) in [5.74, 6) is -0.429. The lowest BCUT2D eigenvalue weighted by Gasteiger charge is -1.95. The molecule has 1 aromatic rings. The van der Waals surface area contributed by atoms with Crippen molar-refractivity contribution in [2.24, 2.45) is 16.1 Å². The van der Waals surface area contributed by atoms with Crippen LogP contribution in [-0.4, -0.2) is 34.1 Å². The average molecular weight is 198 g/mol. The van der Waals surface area contributed by atoms with Gasteiger partial charge in [-0.05, 0) is 0 Å². The summed E-state index contributed by atoms with van der Waals surface area (Å²) in [6, 6.07) is 0. The number of hydrogen-bond acceptors (Lipinski definition) is 5. The van der Waals surface area contributed by atoms with Crippen LogP contribution in [0.15, 0.2) is 16.7 Å². The van der Waals surface area contributed by atoms with Crippen molar-refractivity contribution in [1.82, 2.24) is 9.97 Å². The van der Waals surface area contributed by atoms with E-state index >= 15 is 0 Å². The highest BCUT2D eigenvalue weighted by Crippen LogP contribution is 2.07. The molecule has 0 bridgehead atoms. The summed E-state index contributed by atoms with van der Waals surface area (Å²) < 4.78 is 0. The molecular weight excluding hydrogens is 188 g/mol. The fourth-order valence-corrected chi connectivity index (χ4v) is 0.744. The van der Waals surface area contributed by atoms with E-state index in [1.807, 2.05) is 0 Å². The fourth-order valence-electron chi connectivity index (χ4n) is 0.744. The molecule has 0 saturated heterocycles. The Labute approximate surface area is 79.2 Å². The van der Waals surface area contributed by atoms with E-state index in [-0.39, 0.29) is 24.7 Å². The third kappa shape index (κ3) is 2.52. The van der Waals surface area contributed by atoms with Gasteiger partial charge in [-0.2, -0.15) is 5.11 Å². The molecular formula is C6H10N6O2. The molecule has 5 N–H and O–H groups in total. The molecule has 76 valence electrons. The van der Waals surface area contributed by atoms with Crippen molar-refractivity contribution in [2.45, 2.75) is 0 Å². The largest absolute Gasteiger partial charge is 0.394 e.